The highest BCUT2D eigenvalue weighted by molar-refractivity contribution is 5.81. The Morgan fingerprint density at radius 1 is 1.04 bits per heavy atom. The van der Waals surface area contributed by atoms with E-state index in [1.807, 2.05) is 42.3 Å². The smallest absolute Gasteiger partial charge is 0.238 e. The highest BCUT2D eigenvalue weighted by Gasteiger charge is 2.36. The van der Waals surface area contributed by atoms with Crippen LogP contribution in [0.2, 0.25) is 0 Å². The minimum atomic E-state index is -0.0316. The first-order chi connectivity index (χ1) is 12.4. The molecule has 0 saturated carbocycles. The third-order valence-corrected chi connectivity index (χ3v) is 4.84. The summed E-state index contributed by atoms with van der Waals surface area (Å²) in [7, 11) is 2.00. The second-order valence-electron chi connectivity index (χ2n) is 7.91. The number of para-hydroxylation sites is 1. The second kappa shape index (κ2) is 7.50. The SMILES string of the molecule is CN1CC(=O)N(CCOc2ccccc2)C1c1ccc(C(C)(C)C)cc1. The molecule has 1 saturated heterocycles. The van der Waals surface area contributed by atoms with Gasteiger partial charge in [0.25, 0.3) is 0 Å². The molecule has 0 N–H and O–H groups in total. The molecule has 4 heteroatoms. The van der Waals surface area contributed by atoms with Gasteiger partial charge in [0, 0.05) is 0 Å². The maximum Gasteiger partial charge on any atom is 0.238 e. The second-order valence-corrected chi connectivity index (χ2v) is 7.91. The van der Waals surface area contributed by atoms with Crippen molar-refractivity contribution in [3.63, 3.8) is 0 Å². The van der Waals surface area contributed by atoms with E-state index in [1.165, 1.54) is 5.56 Å². The summed E-state index contributed by atoms with van der Waals surface area (Å²) in [6, 6.07) is 18.4. The van der Waals surface area contributed by atoms with Gasteiger partial charge in [0.15, 0.2) is 0 Å². The first kappa shape index (κ1) is 18.5. The predicted molar refractivity (Wildman–Crippen MR) is 104 cm³/mol. The number of carbonyl (C=O) groups is 1. The molecule has 2 aromatic carbocycles. The zero-order valence-electron chi connectivity index (χ0n) is 16.1. The van der Waals surface area contributed by atoms with Gasteiger partial charge in [-0.3, -0.25) is 9.69 Å². The van der Waals surface area contributed by atoms with E-state index >= 15 is 0 Å². The molecule has 138 valence electrons. The van der Waals surface area contributed by atoms with Crippen molar-refractivity contribution in [3.05, 3.63) is 65.7 Å². The summed E-state index contributed by atoms with van der Waals surface area (Å²) in [6.07, 6.45) is -0.0316. The van der Waals surface area contributed by atoms with Crippen LogP contribution in [0, 0.1) is 0 Å². The van der Waals surface area contributed by atoms with Gasteiger partial charge in [-0.15, -0.1) is 0 Å². The quantitative estimate of drug-likeness (QED) is 0.820. The van der Waals surface area contributed by atoms with E-state index in [1.54, 1.807) is 0 Å². The van der Waals surface area contributed by atoms with Crippen LogP contribution < -0.4 is 4.74 Å². The number of nitrogens with zero attached hydrogens (tertiary/aromatic N) is 2. The Morgan fingerprint density at radius 2 is 1.69 bits per heavy atom. The lowest BCUT2D eigenvalue weighted by atomic mass is 9.86. The van der Waals surface area contributed by atoms with Crippen molar-refractivity contribution in [3.8, 4) is 5.75 Å². The molecule has 0 aliphatic carbocycles. The number of benzene rings is 2. The molecule has 1 fully saturated rings. The third-order valence-electron chi connectivity index (χ3n) is 4.84. The molecule has 1 amide bonds. The number of rotatable bonds is 5. The minimum Gasteiger partial charge on any atom is -0.492 e. The molecule has 1 heterocycles. The fourth-order valence-corrected chi connectivity index (χ4v) is 3.38. The molecule has 1 unspecified atom stereocenters. The molecule has 2 aromatic rings. The third kappa shape index (κ3) is 4.07. The number of amides is 1. The van der Waals surface area contributed by atoms with Crippen LogP contribution in [-0.2, 0) is 10.2 Å². The average Bonchev–Trinajstić information content (AvgIpc) is 2.89. The van der Waals surface area contributed by atoms with Gasteiger partial charge in [0.1, 0.15) is 18.5 Å². The lowest BCUT2D eigenvalue weighted by Crippen LogP contribution is -2.34. The standard InChI is InChI=1S/C22H28N2O2/c1-22(2,3)18-12-10-17(11-13-18)21-23(4)16-20(25)24(21)14-15-26-19-8-6-5-7-9-19/h5-13,21H,14-16H2,1-4H3. The van der Waals surface area contributed by atoms with E-state index in [0.717, 1.165) is 11.3 Å². The molecule has 3 rings (SSSR count). The van der Waals surface area contributed by atoms with Crippen LogP contribution in [0.25, 0.3) is 0 Å². The summed E-state index contributed by atoms with van der Waals surface area (Å²) in [5.74, 6) is 0.979. The molecule has 1 aliphatic rings. The summed E-state index contributed by atoms with van der Waals surface area (Å²) in [6.45, 7) is 8.13. The van der Waals surface area contributed by atoms with Crippen LogP contribution >= 0.6 is 0 Å². The van der Waals surface area contributed by atoms with Crippen molar-refractivity contribution in [2.75, 3.05) is 26.7 Å². The van der Waals surface area contributed by atoms with Crippen molar-refractivity contribution in [1.29, 1.82) is 0 Å². The van der Waals surface area contributed by atoms with Crippen molar-refractivity contribution in [1.82, 2.24) is 9.80 Å². The van der Waals surface area contributed by atoms with Crippen LogP contribution in [-0.4, -0.2) is 42.5 Å². The Hall–Kier alpha value is -2.33. The highest BCUT2D eigenvalue weighted by atomic mass is 16.5. The Bertz CT molecular complexity index is 735. The van der Waals surface area contributed by atoms with Gasteiger partial charge < -0.3 is 9.64 Å². The van der Waals surface area contributed by atoms with Gasteiger partial charge in [0.05, 0.1) is 13.1 Å². The zero-order chi connectivity index (χ0) is 18.7. The van der Waals surface area contributed by atoms with Crippen molar-refractivity contribution >= 4 is 5.91 Å². The molecule has 0 aromatic heterocycles. The summed E-state index contributed by atoms with van der Waals surface area (Å²) < 4.78 is 5.79. The van der Waals surface area contributed by atoms with E-state index in [0.29, 0.717) is 19.7 Å². The monoisotopic (exact) mass is 352 g/mol. The fraction of sp³-hybridized carbons (Fsp3) is 0.409. The fourth-order valence-electron chi connectivity index (χ4n) is 3.38. The predicted octanol–water partition coefficient (Wildman–Crippen LogP) is 3.84. The Labute approximate surface area is 156 Å². The maximum atomic E-state index is 12.5. The molecule has 1 atom stereocenters. The van der Waals surface area contributed by atoms with Crippen LogP contribution in [0.15, 0.2) is 54.6 Å². The molecule has 26 heavy (non-hydrogen) atoms. The summed E-state index contributed by atoms with van der Waals surface area (Å²) in [5, 5.41) is 0. The largest absolute Gasteiger partial charge is 0.492 e. The molecule has 0 spiro atoms. The summed E-state index contributed by atoms with van der Waals surface area (Å²) >= 11 is 0. The number of likely N-dealkylation sites (N-methyl/N-ethyl adjacent to an activating group) is 1. The number of ether oxygens (including phenoxy) is 1. The molecule has 0 bridgehead atoms. The Morgan fingerprint density at radius 3 is 2.31 bits per heavy atom. The minimum absolute atomic E-state index is 0.0316. The van der Waals surface area contributed by atoms with Crippen molar-refractivity contribution < 1.29 is 9.53 Å². The van der Waals surface area contributed by atoms with Crippen molar-refractivity contribution in [2.24, 2.45) is 0 Å². The van der Waals surface area contributed by atoms with Gasteiger partial charge in [-0.2, -0.15) is 0 Å². The zero-order valence-corrected chi connectivity index (χ0v) is 16.1. The molecule has 0 radical (unpaired) electrons. The van der Waals surface area contributed by atoms with Gasteiger partial charge in [-0.05, 0) is 35.7 Å². The van der Waals surface area contributed by atoms with E-state index < -0.39 is 0 Å². The highest BCUT2D eigenvalue weighted by Crippen LogP contribution is 2.31. The normalized spacial score (nSPS) is 18.4. The van der Waals surface area contributed by atoms with Gasteiger partial charge >= 0.3 is 0 Å². The topological polar surface area (TPSA) is 32.8 Å². The van der Waals surface area contributed by atoms with E-state index in [2.05, 4.69) is 49.9 Å². The van der Waals surface area contributed by atoms with Gasteiger partial charge in [0.2, 0.25) is 5.91 Å². The lowest BCUT2D eigenvalue weighted by Gasteiger charge is -2.29. The van der Waals surface area contributed by atoms with Crippen LogP contribution in [0.1, 0.15) is 38.1 Å². The van der Waals surface area contributed by atoms with Crippen LogP contribution in [0.3, 0.4) is 0 Å². The first-order valence-corrected chi connectivity index (χ1v) is 9.14. The van der Waals surface area contributed by atoms with Gasteiger partial charge in [-0.25, -0.2) is 0 Å². The molecule has 4 nitrogen and oxygen atoms in total. The van der Waals surface area contributed by atoms with E-state index in [4.69, 9.17) is 4.74 Å². The van der Waals surface area contributed by atoms with Gasteiger partial charge in [-0.1, -0.05) is 63.2 Å². The summed E-state index contributed by atoms with van der Waals surface area (Å²) in [5.41, 5.74) is 2.57. The molecular formula is C22H28N2O2. The first-order valence-electron chi connectivity index (χ1n) is 9.14. The Kier molecular flexibility index (Phi) is 5.33. The average molecular weight is 352 g/mol. The maximum absolute atomic E-state index is 12.5. The number of hydrogen-bond donors (Lipinski definition) is 0. The van der Waals surface area contributed by atoms with Crippen LogP contribution in [0.4, 0.5) is 0 Å². The van der Waals surface area contributed by atoms with Crippen LogP contribution in [0.5, 0.6) is 5.75 Å². The summed E-state index contributed by atoms with van der Waals surface area (Å²) in [4.78, 5) is 16.5. The van der Waals surface area contributed by atoms with E-state index in [-0.39, 0.29) is 17.5 Å². The number of carbonyl (C=O) groups excluding carboxylic acids is 1. The molecular weight excluding hydrogens is 324 g/mol. The Balaban J connectivity index is 1.70. The van der Waals surface area contributed by atoms with E-state index in [9.17, 15) is 4.79 Å². The molecule has 1 aliphatic heterocycles. The number of hydrogen-bond acceptors (Lipinski definition) is 3. The lowest BCUT2D eigenvalue weighted by molar-refractivity contribution is -0.128. The van der Waals surface area contributed by atoms with Crippen molar-refractivity contribution in [2.45, 2.75) is 32.4 Å².